The molecule has 0 aliphatic rings. The van der Waals surface area contributed by atoms with Gasteiger partial charge in [-0.05, 0) is 19.1 Å². The van der Waals surface area contributed by atoms with Gasteiger partial charge < -0.3 is 4.74 Å². The molecule has 1 rings (SSSR count). The van der Waals surface area contributed by atoms with E-state index in [1.807, 2.05) is 19.1 Å². The summed E-state index contributed by atoms with van der Waals surface area (Å²) < 4.78 is 25.9. The Labute approximate surface area is 81.7 Å². The Balaban J connectivity index is 2.61. The second-order valence-electron chi connectivity index (χ2n) is 2.61. The lowest BCUT2D eigenvalue weighted by atomic mass is 10.2. The molecule has 0 radical (unpaired) electrons. The first-order valence-electron chi connectivity index (χ1n) is 3.59. The highest BCUT2D eigenvalue weighted by Crippen LogP contribution is 2.12. The van der Waals surface area contributed by atoms with E-state index in [1.165, 1.54) is 0 Å². The molecule has 1 aromatic rings. The van der Waals surface area contributed by atoms with Gasteiger partial charge in [-0.2, -0.15) is 0 Å². The molecule has 0 atom stereocenters. The van der Waals surface area contributed by atoms with Crippen LogP contribution in [0.15, 0.2) is 24.3 Å². The monoisotopic (exact) mass is 220 g/mol. The van der Waals surface area contributed by atoms with E-state index in [9.17, 15) is 8.42 Å². The van der Waals surface area contributed by atoms with Crippen LogP contribution in [-0.4, -0.2) is 14.4 Å². The van der Waals surface area contributed by atoms with Crippen LogP contribution >= 0.6 is 10.7 Å². The number of rotatable bonds is 3. The zero-order valence-corrected chi connectivity index (χ0v) is 8.60. The minimum absolute atomic E-state index is 0.495. The quantitative estimate of drug-likeness (QED) is 0.731. The molecule has 0 spiro atoms. The minimum atomic E-state index is -3.58. The molecule has 0 aromatic heterocycles. The number of hydrogen-bond acceptors (Lipinski definition) is 3. The average molecular weight is 221 g/mol. The maximum atomic E-state index is 10.5. The van der Waals surface area contributed by atoms with Gasteiger partial charge >= 0.3 is 0 Å². The number of halogens is 1. The molecule has 72 valence electrons. The lowest BCUT2D eigenvalue weighted by Crippen LogP contribution is -2.04. The van der Waals surface area contributed by atoms with Gasteiger partial charge in [-0.3, -0.25) is 0 Å². The highest BCUT2D eigenvalue weighted by molar-refractivity contribution is 8.13. The third-order valence-corrected chi connectivity index (χ3v) is 2.05. The first-order chi connectivity index (χ1) is 5.97. The fourth-order valence-corrected chi connectivity index (χ4v) is 1.18. The Hall–Kier alpha value is -0.740. The molecule has 0 N–H and O–H groups in total. The molecule has 3 nitrogen and oxygen atoms in total. The van der Waals surface area contributed by atoms with E-state index in [-0.39, 0.29) is 0 Å². The standard InChI is InChI=1S/C8H9ClO3S/c1-7-2-4-8(5-3-7)12-6-13(9,10)11/h2-5H,6H2,1H3. The summed E-state index contributed by atoms with van der Waals surface area (Å²) in [6.45, 7) is 1.93. The second kappa shape index (κ2) is 3.98. The molecule has 0 saturated heterocycles. The Morgan fingerprint density at radius 3 is 2.31 bits per heavy atom. The van der Waals surface area contributed by atoms with E-state index in [2.05, 4.69) is 0 Å². The highest BCUT2D eigenvalue weighted by atomic mass is 35.7. The van der Waals surface area contributed by atoms with Gasteiger partial charge in [-0.1, -0.05) is 17.7 Å². The van der Waals surface area contributed by atoms with Crippen LogP contribution in [0.1, 0.15) is 5.56 Å². The predicted molar refractivity (Wildman–Crippen MR) is 51.4 cm³/mol. The molecule has 0 unspecified atom stereocenters. The number of benzene rings is 1. The maximum absolute atomic E-state index is 10.5. The number of aryl methyl sites for hydroxylation is 1. The average Bonchev–Trinajstić information content (AvgIpc) is 2.02. The van der Waals surface area contributed by atoms with E-state index in [0.717, 1.165) is 5.56 Å². The maximum Gasteiger partial charge on any atom is 0.267 e. The van der Waals surface area contributed by atoms with Gasteiger partial charge in [-0.25, -0.2) is 8.42 Å². The summed E-state index contributed by atoms with van der Waals surface area (Å²) >= 11 is 0. The normalized spacial score (nSPS) is 11.2. The van der Waals surface area contributed by atoms with Gasteiger partial charge in [-0.15, -0.1) is 0 Å². The molecule has 0 bridgehead atoms. The fourth-order valence-electron chi connectivity index (χ4n) is 0.773. The second-order valence-corrected chi connectivity index (χ2v) is 5.34. The molecule has 0 amide bonds. The highest BCUT2D eigenvalue weighted by Gasteiger charge is 2.05. The van der Waals surface area contributed by atoms with Crippen molar-refractivity contribution in [2.24, 2.45) is 0 Å². The van der Waals surface area contributed by atoms with E-state index < -0.39 is 15.0 Å². The van der Waals surface area contributed by atoms with Crippen LogP contribution in [0.25, 0.3) is 0 Å². The Morgan fingerprint density at radius 2 is 1.85 bits per heavy atom. The molecule has 0 saturated carbocycles. The zero-order chi connectivity index (χ0) is 9.90. The lowest BCUT2D eigenvalue weighted by Gasteiger charge is -2.02. The van der Waals surface area contributed by atoms with E-state index in [1.54, 1.807) is 12.1 Å². The van der Waals surface area contributed by atoms with Crippen molar-refractivity contribution >= 4 is 19.7 Å². The number of hydrogen-bond donors (Lipinski definition) is 0. The summed E-state index contributed by atoms with van der Waals surface area (Å²) in [5.74, 6) is -0.00716. The van der Waals surface area contributed by atoms with Crippen molar-refractivity contribution in [2.45, 2.75) is 6.92 Å². The smallest absolute Gasteiger partial charge is 0.267 e. The summed E-state index contributed by atoms with van der Waals surface area (Å²) in [4.78, 5) is 0. The van der Waals surface area contributed by atoms with Crippen LogP contribution in [-0.2, 0) is 9.05 Å². The minimum Gasteiger partial charge on any atom is -0.476 e. The van der Waals surface area contributed by atoms with Gasteiger partial charge in [0.2, 0.25) is 5.94 Å². The summed E-state index contributed by atoms with van der Waals surface area (Å²) in [5, 5.41) is 0. The van der Waals surface area contributed by atoms with E-state index >= 15 is 0 Å². The SMILES string of the molecule is Cc1ccc(OCS(=O)(=O)Cl)cc1. The summed E-state index contributed by atoms with van der Waals surface area (Å²) in [6, 6.07) is 7.04. The Bertz CT molecular complexity index is 369. The summed E-state index contributed by atoms with van der Waals surface area (Å²) in [5.41, 5.74) is 1.08. The van der Waals surface area contributed by atoms with Gasteiger partial charge in [0.25, 0.3) is 9.05 Å². The van der Waals surface area contributed by atoms with Crippen LogP contribution in [0.3, 0.4) is 0 Å². The van der Waals surface area contributed by atoms with Crippen LogP contribution in [0.5, 0.6) is 5.75 Å². The topological polar surface area (TPSA) is 43.4 Å². The van der Waals surface area contributed by atoms with E-state index in [0.29, 0.717) is 5.75 Å². The van der Waals surface area contributed by atoms with Crippen LogP contribution in [0.4, 0.5) is 0 Å². The number of ether oxygens (including phenoxy) is 1. The van der Waals surface area contributed by atoms with Crippen molar-refractivity contribution in [3.63, 3.8) is 0 Å². The molecular weight excluding hydrogens is 212 g/mol. The molecular formula is C8H9ClO3S. The third kappa shape index (κ3) is 4.15. The molecule has 0 heterocycles. The zero-order valence-electron chi connectivity index (χ0n) is 7.03. The van der Waals surface area contributed by atoms with Gasteiger partial charge in [0.15, 0.2) is 0 Å². The Morgan fingerprint density at radius 1 is 1.31 bits per heavy atom. The molecule has 13 heavy (non-hydrogen) atoms. The van der Waals surface area contributed by atoms with Gasteiger partial charge in [0.1, 0.15) is 5.75 Å². The van der Waals surface area contributed by atoms with Crippen LogP contribution < -0.4 is 4.74 Å². The molecule has 0 aliphatic carbocycles. The summed E-state index contributed by atoms with van der Waals surface area (Å²) in [6.07, 6.45) is 0. The molecule has 0 aliphatic heterocycles. The Kier molecular flexibility index (Phi) is 3.17. The predicted octanol–water partition coefficient (Wildman–Crippen LogP) is 1.90. The van der Waals surface area contributed by atoms with Crippen LogP contribution in [0.2, 0.25) is 0 Å². The van der Waals surface area contributed by atoms with Crippen molar-refractivity contribution in [3.05, 3.63) is 29.8 Å². The van der Waals surface area contributed by atoms with Crippen molar-refractivity contribution in [2.75, 3.05) is 5.94 Å². The van der Waals surface area contributed by atoms with Crippen molar-refractivity contribution < 1.29 is 13.2 Å². The van der Waals surface area contributed by atoms with Crippen molar-refractivity contribution in [3.8, 4) is 5.75 Å². The molecule has 0 fully saturated rings. The third-order valence-electron chi connectivity index (χ3n) is 1.39. The first kappa shape index (κ1) is 10.3. The van der Waals surface area contributed by atoms with E-state index in [4.69, 9.17) is 15.4 Å². The van der Waals surface area contributed by atoms with Crippen LogP contribution in [0, 0.1) is 6.92 Å². The fraction of sp³-hybridized carbons (Fsp3) is 0.250. The van der Waals surface area contributed by atoms with Crippen molar-refractivity contribution in [1.82, 2.24) is 0 Å². The first-order valence-corrected chi connectivity index (χ1v) is 6.07. The van der Waals surface area contributed by atoms with Gasteiger partial charge in [0, 0.05) is 10.7 Å². The summed E-state index contributed by atoms with van der Waals surface area (Å²) in [7, 11) is 1.38. The molecule has 1 aromatic carbocycles. The van der Waals surface area contributed by atoms with Crippen molar-refractivity contribution in [1.29, 1.82) is 0 Å². The lowest BCUT2D eigenvalue weighted by molar-refractivity contribution is 0.380. The van der Waals surface area contributed by atoms with Gasteiger partial charge in [0.05, 0.1) is 0 Å². The molecule has 5 heteroatoms. The largest absolute Gasteiger partial charge is 0.476 e.